The van der Waals surface area contributed by atoms with Gasteiger partial charge in [-0.3, -0.25) is 9.89 Å². The van der Waals surface area contributed by atoms with Gasteiger partial charge in [-0.15, -0.1) is 0 Å². The molecule has 1 aromatic heterocycles. The third-order valence-corrected chi connectivity index (χ3v) is 4.08. The number of benzene rings is 2. The fourth-order valence-electron chi connectivity index (χ4n) is 2.50. The average molecular weight is 375 g/mol. The van der Waals surface area contributed by atoms with Crippen LogP contribution < -0.4 is 15.8 Å². The molecule has 0 saturated heterocycles. The van der Waals surface area contributed by atoms with E-state index in [0.29, 0.717) is 27.5 Å². The fourth-order valence-corrected chi connectivity index (χ4v) is 2.70. The third kappa shape index (κ3) is 3.68. The van der Waals surface area contributed by atoms with Gasteiger partial charge in [-0.2, -0.15) is 5.10 Å². The number of nitrogens with one attached hydrogen (secondary N) is 2. The van der Waals surface area contributed by atoms with E-state index in [4.69, 9.17) is 22.1 Å². The zero-order chi connectivity index (χ0) is 18.7. The molecule has 4 N–H and O–H groups in total. The number of hydrogen-bond donors (Lipinski definition) is 3. The smallest absolute Gasteiger partial charge is 0.245 e. The molecule has 0 spiro atoms. The molecule has 2 aromatic carbocycles. The van der Waals surface area contributed by atoms with Crippen molar-refractivity contribution in [1.29, 1.82) is 0 Å². The van der Waals surface area contributed by atoms with E-state index in [1.54, 1.807) is 36.7 Å². The number of methoxy groups -OCH3 is 1. The second-order valence-corrected chi connectivity index (χ2v) is 5.98. The van der Waals surface area contributed by atoms with Crippen LogP contribution in [0.1, 0.15) is 11.6 Å². The van der Waals surface area contributed by atoms with E-state index in [1.807, 2.05) is 0 Å². The van der Waals surface area contributed by atoms with Crippen molar-refractivity contribution < 1.29 is 13.9 Å². The van der Waals surface area contributed by atoms with E-state index in [2.05, 4.69) is 15.5 Å². The highest BCUT2D eigenvalue weighted by molar-refractivity contribution is 6.30. The Morgan fingerprint density at radius 3 is 2.85 bits per heavy atom. The summed E-state index contributed by atoms with van der Waals surface area (Å²) in [6, 6.07) is 8.31. The van der Waals surface area contributed by atoms with Crippen molar-refractivity contribution in [1.82, 2.24) is 10.2 Å². The Kier molecular flexibility index (Phi) is 5.20. The zero-order valence-corrected chi connectivity index (χ0v) is 14.5. The number of anilines is 1. The van der Waals surface area contributed by atoms with Crippen LogP contribution >= 0.6 is 11.6 Å². The Morgan fingerprint density at radius 1 is 1.38 bits per heavy atom. The van der Waals surface area contributed by atoms with Gasteiger partial charge in [0.05, 0.1) is 19.0 Å². The summed E-state index contributed by atoms with van der Waals surface area (Å²) < 4.78 is 19.8. The zero-order valence-electron chi connectivity index (χ0n) is 13.8. The van der Waals surface area contributed by atoms with Crippen LogP contribution in [0.4, 0.5) is 10.1 Å². The SMILES string of the molecule is COc1cc(NC(=O)C(N)c2cccc(Cl)c2)c(F)cc1-c1cn[nH]c1. The lowest BCUT2D eigenvalue weighted by molar-refractivity contribution is -0.117. The Balaban J connectivity index is 1.86. The summed E-state index contributed by atoms with van der Waals surface area (Å²) in [5.74, 6) is -0.794. The van der Waals surface area contributed by atoms with Gasteiger partial charge in [0.1, 0.15) is 17.6 Å². The molecule has 1 heterocycles. The van der Waals surface area contributed by atoms with Gasteiger partial charge < -0.3 is 15.8 Å². The number of aromatic amines is 1. The first-order valence-corrected chi connectivity index (χ1v) is 8.06. The number of aromatic nitrogens is 2. The summed E-state index contributed by atoms with van der Waals surface area (Å²) in [5.41, 5.74) is 7.61. The van der Waals surface area contributed by atoms with Gasteiger partial charge in [-0.25, -0.2) is 4.39 Å². The first kappa shape index (κ1) is 17.9. The highest BCUT2D eigenvalue weighted by Gasteiger charge is 2.20. The number of carbonyl (C=O) groups is 1. The molecule has 0 bridgehead atoms. The molecule has 3 aromatic rings. The van der Waals surface area contributed by atoms with E-state index in [0.717, 1.165) is 0 Å². The van der Waals surface area contributed by atoms with Crippen LogP contribution in [0.3, 0.4) is 0 Å². The summed E-state index contributed by atoms with van der Waals surface area (Å²) in [4.78, 5) is 12.4. The second-order valence-electron chi connectivity index (χ2n) is 5.54. The number of nitrogens with zero attached hydrogens (tertiary/aromatic N) is 1. The van der Waals surface area contributed by atoms with E-state index < -0.39 is 17.8 Å². The fraction of sp³-hybridized carbons (Fsp3) is 0.111. The summed E-state index contributed by atoms with van der Waals surface area (Å²) in [7, 11) is 1.46. The van der Waals surface area contributed by atoms with Crippen molar-refractivity contribution in [3.63, 3.8) is 0 Å². The summed E-state index contributed by atoms with van der Waals surface area (Å²) in [6.45, 7) is 0. The Morgan fingerprint density at radius 2 is 2.19 bits per heavy atom. The quantitative estimate of drug-likeness (QED) is 0.637. The van der Waals surface area contributed by atoms with Gasteiger partial charge in [0.25, 0.3) is 0 Å². The summed E-state index contributed by atoms with van der Waals surface area (Å²) in [6.07, 6.45) is 3.16. The summed E-state index contributed by atoms with van der Waals surface area (Å²) >= 11 is 5.91. The number of nitrogens with two attached hydrogens (primary N) is 1. The number of hydrogen-bond acceptors (Lipinski definition) is 4. The topological polar surface area (TPSA) is 93.0 Å². The number of carbonyl (C=O) groups excluding carboxylic acids is 1. The number of rotatable bonds is 5. The van der Waals surface area contributed by atoms with Gasteiger partial charge in [0.15, 0.2) is 0 Å². The van der Waals surface area contributed by atoms with Crippen LogP contribution in [0.5, 0.6) is 5.75 Å². The molecule has 0 radical (unpaired) electrons. The highest BCUT2D eigenvalue weighted by Crippen LogP contribution is 2.34. The van der Waals surface area contributed by atoms with Crippen LogP contribution in [0.25, 0.3) is 11.1 Å². The van der Waals surface area contributed by atoms with Crippen LogP contribution in [-0.4, -0.2) is 23.2 Å². The monoisotopic (exact) mass is 374 g/mol. The predicted molar refractivity (Wildman–Crippen MR) is 97.5 cm³/mol. The van der Waals surface area contributed by atoms with Gasteiger partial charge in [0, 0.05) is 28.4 Å². The summed E-state index contributed by atoms with van der Waals surface area (Å²) in [5, 5.41) is 9.45. The highest BCUT2D eigenvalue weighted by atomic mass is 35.5. The van der Waals surface area contributed by atoms with Crippen molar-refractivity contribution in [2.75, 3.05) is 12.4 Å². The van der Waals surface area contributed by atoms with E-state index in [1.165, 1.54) is 19.2 Å². The maximum Gasteiger partial charge on any atom is 0.245 e. The lowest BCUT2D eigenvalue weighted by Crippen LogP contribution is -2.28. The predicted octanol–water partition coefficient (Wildman–Crippen LogP) is 3.52. The first-order chi connectivity index (χ1) is 12.5. The molecular formula is C18H16ClFN4O2. The minimum atomic E-state index is -0.993. The molecule has 0 saturated carbocycles. The number of halogens is 2. The maximum atomic E-state index is 14.5. The largest absolute Gasteiger partial charge is 0.496 e. The minimum absolute atomic E-state index is 0.0310. The first-order valence-electron chi connectivity index (χ1n) is 7.68. The van der Waals surface area contributed by atoms with Crippen molar-refractivity contribution in [2.24, 2.45) is 5.73 Å². The second kappa shape index (κ2) is 7.55. The minimum Gasteiger partial charge on any atom is -0.496 e. The molecule has 1 atom stereocenters. The molecule has 6 nitrogen and oxygen atoms in total. The number of amides is 1. The molecule has 0 aliphatic rings. The van der Waals surface area contributed by atoms with Crippen molar-refractivity contribution >= 4 is 23.2 Å². The van der Waals surface area contributed by atoms with Crippen LogP contribution in [-0.2, 0) is 4.79 Å². The van der Waals surface area contributed by atoms with Gasteiger partial charge in [-0.1, -0.05) is 23.7 Å². The standard InChI is InChI=1S/C18H16ClFN4O2/c1-26-16-7-15(14(20)6-13(16)11-8-22-23-9-11)24-18(25)17(21)10-3-2-4-12(19)5-10/h2-9,17H,21H2,1H3,(H,22,23)(H,24,25). The van der Waals surface area contributed by atoms with Crippen LogP contribution in [0.2, 0.25) is 5.02 Å². The molecule has 3 rings (SSSR count). The number of ether oxygens (including phenoxy) is 1. The van der Waals surface area contributed by atoms with Gasteiger partial charge in [0.2, 0.25) is 5.91 Å². The molecule has 0 fully saturated rings. The van der Waals surface area contributed by atoms with Crippen LogP contribution in [0.15, 0.2) is 48.8 Å². The third-order valence-electron chi connectivity index (χ3n) is 3.85. The molecule has 1 amide bonds. The van der Waals surface area contributed by atoms with Gasteiger partial charge >= 0.3 is 0 Å². The molecule has 134 valence electrons. The molecule has 0 aliphatic heterocycles. The lowest BCUT2D eigenvalue weighted by Gasteiger charge is -2.15. The van der Waals surface area contributed by atoms with Crippen molar-refractivity contribution in [3.05, 3.63) is 65.2 Å². The average Bonchev–Trinajstić information content (AvgIpc) is 3.16. The lowest BCUT2D eigenvalue weighted by atomic mass is 10.1. The van der Waals surface area contributed by atoms with E-state index in [9.17, 15) is 9.18 Å². The maximum absolute atomic E-state index is 14.5. The molecule has 8 heteroatoms. The normalized spacial score (nSPS) is 11.8. The molecular weight excluding hydrogens is 359 g/mol. The molecule has 26 heavy (non-hydrogen) atoms. The number of H-pyrrole nitrogens is 1. The van der Waals surface area contributed by atoms with Gasteiger partial charge in [-0.05, 0) is 23.8 Å². The Bertz CT molecular complexity index is 931. The Labute approximate surface area is 154 Å². The van der Waals surface area contributed by atoms with Crippen LogP contribution in [0, 0.1) is 5.82 Å². The molecule has 0 aliphatic carbocycles. The Hall–Kier alpha value is -2.90. The molecule has 1 unspecified atom stereocenters. The van der Waals surface area contributed by atoms with Crippen molar-refractivity contribution in [3.8, 4) is 16.9 Å². The van der Waals surface area contributed by atoms with E-state index in [-0.39, 0.29) is 5.69 Å². The van der Waals surface area contributed by atoms with E-state index >= 15 is 0 Å². The van der Waals surface area contributed by atoms with Crippen molar-refractivity contribution in [2.45, 2.75) is 6.04 Å².